The van der Waals surface area contributed by atoms with Crippen LogP contribution in [0.25, 0.3) is 11.4 Å². The second-order valence-electron chi connectivity index (χ2n) is 4.08. The number of nitrogens with two attached hydrogens (primary N) is 1. The number of aromatic nitrogens is 2. The summed E-state index contributed by atoms with van der Waals surface area (Å²) in [7, 11) is 0. The summed E-state index contributed by atoms with van der Waals surface area (Å²) >= 11 is 0. The third-order valence-corrected chi connectivity index (χ3v) is 2.99. The molecule has 0 saturated heterocycles. The normalized spacial score (nSPS) is 14.8. The molecule has 2 aromatic rings. The average Bonchev–Trinajstić information content (AvgIpc) is 2.82. The summed E-state index contributed by atoms with van der Waals surface area (Å²) in [5.74, 6) is 1.30. The molecular formula is C12H13N3O. The van der Waals surface area contributed by atoms with Crippen molar-refractivity contribution >= 4 is 5.82 Å². The van der Waals surface area contributed by atoms with E-state index in [0.29, 0.717) is 11.6 Å². The molecular weight excluding hydrogens is 202 g/mol. The SMILES string of the molecule is Nc1nc(-c2ccoc2)nc2c1CCCC2. The number of anilines is 1. The van der Waals surface area contributed by atoms with Crippen LogP contribution in [0.2, 0.25) is 0 Å². The van der Waals surface area contributed by atoms with E-state index in [1.165, 1.54) is 12.8 Å². The lowest BCUT2D eigenvalue weighted by atomic mass is 9.96. The number of rotatable bonds is 1. The summed E-state index contributed by atoms with van der Waals surface area (Å²) in [6.45, 7) is 0. The number of furan rings is 1. The molecule has 1 aliphatic rings. The lowest BCUT2D eigenvalue weighted by molar-refractivity contribution is 0.568. The van der Waals surface area contributed by atoms with Crippen molar-refractivity contribution in [3.63, 3.8) is 0 Å². The van der Waals surface area contributed by atoms with Gasteiger partial charge < -0.3 is 10.2 Å². The van der Waals surface area contributed by atoms with Gasteiger partial charge in [0.2, 0.25) is 0 Å². The first-order chi connectivity index (χ1) is 7.84. The standard InChI is InChI=1S/C12H13N3O/c13-11-9-3-1-2-4-10(9)14-12(15-11)8-5-6-16-7-8/h5-7H,1-4H2,(H2,13,14,15). The summed E-state index contributed by atoms with van der Waals surface area (Å²) in [4.78, 5) is 8.90. The van der Waals surface area contributed by atoms with Crippen LogP contribution in [0.3, 0.4) is 0 Å². The number of hydrogen-bond donors (Lipinski definition) is 1. The van der Waals surface area contributed by atoms with Crippen molar-refractivity contribution in [1.82, 2.24) is 9.97 Å². The van der Waals surface area contributed by atoms with Gasteiger partial charge in [0.05, 0.1) is 11.8 Å². The Morgan fingerprint density at radius 3 is 2.88 bits per heavy atom. The number of fused-ring (bicyclic) bond motifs is 1. The van der Waals surface area contributed by atoms with Crippen LogP contribution in [-0.2, 0) is 12.8 Å². The zero-order valence-electron chi connectivity index (χ0n) is 8.94. The predicted molar refractivity (Wildman–Crippen MR) is 60.8 cm³/mol. The first kappa shape index (κ1) is 9.39. The monoisotopic (exact) mass is 215 g/mol. The third-order valence-electron chi connectivity index (χ3n) is 2.99. The van der Waals surface area contributed by atoms with Gasteiger partial charge in [-0.1, -0.05) is 0 Å². The summed E-state index contributed by atoms with van der Waals surface area (Å²) in [5.41, 5.74) is 9.10. The summed E-state index contributed by atoms with van der Waals surface area (Å²) < 4.78 is 5.03. The molecule has 2 heterocycles. The topological polar surface area (TPSA) is 64.9 Å². The molecule has 16 heavy (non-hydrogen) atoms. The molecule has 0 unspecified atom stereocenters. The molecule has 4 heteroatoms. The zero-order valence-corrected chi connectivity index (χ0v) is 8.94. The van der Waals surface area contributed by atoms with Crippen LogP contribution in [-0.4, -0.2) is 9.97 Å². The molecule has 2 aromatic heterocycles. The van der Waals surface area contributed by atoms with E-state index >= 15 is 0 Å². The highest BCUT2D eigenvalue weighted by Gasteiger charge is 2.16. The number of nitrogen functional groups attached to an aromatic ring is 1. The van der Waals surface area contributed by atoms with Crippen LogP contribution < -0.4 is 5.73 Å². The minimum absolute atomic E-state index is 0.626. The Labute approximate surface area is 93.5 Å². The molecule has 4 nitrogen and oxygen atoms in total. The fraction of sp³-hybridized carbons (Fsp3) is 0.333. The highest BCUT2D eigenvalue weighted by Crippen LogP contribution is 2.26. The number of nitrogens with zero attached hydrogens (tertiary/aromatic N) is 2. The van der Waals surface area contributed by atoms with Crippen LogP contribution in [0.4, 0.5) is 5.82 Å². The van der Waals surface area contributed by atoms with Gasteiger partial charge in [0, 0.05) is 11.3 Å². The number of aryl methyl sites for hydroxylation is 1. The average molecular weight is 215 g/mol. The molecule has 2 N–H and O–H groups in total. The van der Waals surface area contributed by atoms with Gasteiger partial charge in [-0.05, 0) is 31.7 Å². The molecule has 0 saturated carbocycles. The lowest BCUT2D eigenvalue weighted by Gasteiger charge is -2.16. The highest BCUT2D eigenvalue weighted by atomic mass is 16.3. The van der Waals surface area contributed by atoms with E-state index in [1.807, 2.05) is 6.07 Å². The third kappa shape index (κ3) is 1.46. The molecule has 82 valence electrons. The van der Waals surface area contributed by atoms with E-state index in [-0.39, 0.29) is 0 Å². The van der Waals surface area contributed by atoms with Gasteiger partial charge >= 0.3 is 0 Å². The Hall–Kier alpha value is -1.84. The Morgan fingerprint density at radius 2 is 2.06 bits per heavy atom. The van der Waals surface area contributed by atoms with Crippen molar-refractivity contribution in [2.45, 2.75) is 25.7 Å². The first-order valence-corrected chi connectivity index (χ1v) is 5.52. The van der Waals surface area contributed by atoms with E-state index in [4.69, 9.17) is 10.2 Å². The smallest absolute Gasteiger partial charge is 0.165 e. The van der Waals surface area contributed by atoms with Crippen molar-refractivity contribution < 1.29 is 4.42 Å². The van der Waals surface area contributed by atoms with Gasteiger partial charge in [0.1, 0.15) is 12.1 Å². The quantitative estimate of drug-likeness (QED) is 0.792. The van der Waals surface area contributed by atoms with E-state index in [1.54, 1.807) is 12.5 Å². The lowest BCUT2D eigenvalue weighted by Crippen LogP contribution is -2.11. The summed E-state index contributed by atoms with van der Waals surface area (Å²) in [6.07, 6.45) is 7.65. The molecule has 0 amide bonds. The van der Waals surface area contributed by atoms with Gasteiger partial charge in [0.25, 0.3) is 0 Å². The Balaban J connectivity index is 2.12. The Kier molecular flexibility index (Phi) is 2.13. The highest BCUT2D eigenvalue weighted by molar-refractivity contribution is 5.57. The maximum Gasteiger partial charge on any atom is 0.165 e. The molecule has 0 bridgehead atoms. The zero-order chi connectivity index (χ0) is 11.0. The molecule has 0 aliphatic heterocycles. The van der Waals surface area contributed by atoms with Crippen molar-refractivity contribution in [2.75, 3.05) is 5.73 Å². The van der Waals surface area contributed by atoms with Crippen LogP contribution in [0.5, 0.6) is 0 Å². The fourth-order valence-electron chi connectivity index (χ4n) is 2.14. The van der Waals surface area contributed by atoms with E-state index in [9.17, 15) is 0 Å². The Bertz CT molecular complexity index is 505. The maximum absolute atomic E-state index is 5.97. The minimum Gasteiger partial charge on any atom is -0.472 e. The van der Waals surface area contributed by atoms with E-state index < -0.39 is 0 Å². The first-order valence-electron chi connectivity index (χ1n) is 5.52. The molecule has 0 fully saturated rings. The van der Waals surface area contributed by atoms with Crippen molar-refractivity contribution in [2.24, 2.45) is 0 Å². The minimum atomic E-state index is 0.626. The van der Waals surface area contributed by atoms with Gasteiger partial charge in [-0.2, -0.15) is 0 Å². The van der Waals surface area contributed by atoms with Crippen molar-refractivity contribution in [3.8, 4) is 11.4 Å². The Morgan fingerprint density at radius 1 is 1.19 bits per heavy atom. The molecule has 0 spiro atoms. The van der Waals surface area contributed by atoms with Crippen molar-refractivity contribution in [1.29, 1.82) is 0 Å². The van der Waals surface area contributed by atoms with E-state index in [2.05, 4.69) is 9.97 Å². The molecule has 0 atom stereocenters. The van der Waals surface area contributed by atoms with Crippen LogP contribution >= 0.6 is 0 Å². The van der Waals surface area contributed by atoms with Crippen LogP contribution in [0, 0.1) is 0 Å². The van der Waals surface area contributed by atoms with Gasteiger partial charge in [-0.15, -0.1) is 0 Å². The maximum atomic E-state index is 5.97. The second-order valence-corrected chi connectivity index (χ2v) is 4.08. The van der Waals surface area contributed by atoms with Crippen molar-refractivity contribution in [3.05, 3.63) is 29.9 Å². The second kappa shape index (κ2) is 3.63. The number of hydrogen-bond acceptors (Lipinski definition) is 4. The molecule has 0 radical (unpaired) electrons. The fourth-order valence-corrected chi connectivity index (χ4v) is 2.14. The predicted octanol–water partition coefficient (Wildman–Crippen LogP) is 2.20. The van der Waals surface area contributed by atoms with E-state index in [0.717, 1.165) is 29.7 Å². The molecule has 1 aliphatic carbocycles. The van der Waals surface area contributed by atoms with Gasteiger partial charge in [-0.25, -0.2) is 9.97 Å². The summed E-state index contributed by atoms with van der Waals surface area (Å²) in [6, 6.07) is 1.85. The van der Waals surface area contributed by atoms with Gasteiger partial charge in [0.15, 0.2) is 5.82 Å². The van der Waals surface area contributed by atoms with Crippen LogP contribution in [0.15, 0.2) is 23.0 Å². The molecule has 3 rings (SSSR count). The molecule has 0 aromatic carbocycles. The van der Waals surface area contributed by atoms with Crippen LogP contribution in [0.1, 0.15) is 24.1 Å². The largest absolute Gasteiger partial charge is 0.472 e. The summed E-state index contributed by atoms with van der Waals surface area (Å²) in [5, 5.41) is 0. The van der Waals surface area contributed by atoms with Gasteiger partial charge in [-0.3, -0.25) is 0 Å².